The molecular weight excluding hydrogens is 236 g/mol. The number of nitrogens with zero attached hydrogens (tertiary/aromatic N) is 1. The number of hydrogen-bond acceptors (Lipinski definition) is 3. The highest BCUT2D eigenvalue weighted by Crippen LogP contribution is 2.20. The number of likely N-dealkylation sites (tertiary alicyclic amines) is 1. The summed E-state index contributed by atoms with van der Waals surface area (Å²) in [5.41, 5.74) is 1.10. The lowest BCUT2D eigenvalue weighted by Gasteiger charge is -2.21. The predicted molar refractivity (Wildman–Crippen MR) is 66.4 cm³/mol. The summed E-state index contributed by atoms with van der Waals surface area (Å²) in [4.78, 5) is 24.3. The fourth-order valence-electron chi connectivity index (χ4n) is 1.87. The predicted octanol–water partition coefficient (Wildman–Crippen LogP) is 0.836. The van der Waals surface area contributed by atoms with Gasteiger partial charge in [0.2, 0.25) is 0 Å². The van der Waals surface area contributed by atoms with Crippen LogP contribution in [-0.4, -0.2) is 54.4 Å². The minimum absolute atomic E-state index is 0.208. The molecule has 1 saturated heterocycles. The van der Waals surface area contributed by atoms with E-state index in [1.54, 1.807) is 0 Å². The van der Waals surface area contributed by atoms with Gasteiger partial charge in [0.05, 0.1) is 6.10 Å². The van der Waals surface area contributed by atoms with E-state index in [0.29, 0.717) is 19.5 Å². The summed E-state index contributed by atoms with van der Waals surface area (Å²) < 4.78 is 5.12. The van der Waals surface area contributed by atoms with Crippen LogP contribution in [0.15, 0.2) is 11.6 Å². The smallest absolute Gasteiger partial charge is 0.326 e. The van der Waals surface area contributed by atoms with Crippen LogP contribution in [0.5, 0.6) is 0 Å². The van der Waals surface area contributed by atoms with Crippen LogP contribution in [0, 0.1) is 0 Å². The zero-order chi connectivity index (χ0) is 13.7. The number of amides is 2. The molecule has 0 aromatic carbocycles. The molecule has 2 unspecified atom stereocenters. The van der Waals surface area contributed by atoms with Gasteiger partial charge in [0.1, 0.15) is 6.04 Å². The number of aliphatic carboxylic acids is 1. The van der Waals surface area contributed by atoms with E-state index in [1.807, 2.05) is 19.9 Å². The lowest BCUT2D eigenvalue weighted by molar-refractivity contribution is -0.141. The molecule has 1 heterocycles. The quantitative estimate of drug-likeness (QED) is 0.730. The van der Waals surface area contributed by atoms with E-state index in [-0.39, 0.29) is 12.1 Å². The van der Waals surface area contributed by atoms with Crippen LogP contribution in [0.4, 0.5) is 4.79 Å². The molecule has 102 valence electrons. The Bertz CT molecular complexity index is 350. The number of carbonyl (C=O) groups is 2. The highest BCUT2D eigenvalue weighted by molar-refractivity contribution is 5.83. The average Bonchev–Trinajstić information content (AvgIpc) is 2.72. The summed E-state index contributed by atoms with van der Waals surface area (Å²) >= 11 is 0. The molecule has 0 aromatic heterocycles. The normalized spacial score (nSPS) is 22.7. The van der Waals surface area contributed by atoms with E-state index in [0.717, 1.165) is 5.57 Å². The number of methoxy groups -OCH3 is 1. The van der Waals surface area contributed by atoms with Crippen LogP contribution in [0.3, 0.4) is 0 Å². The van der Waals surface area contributed by atoms with Crippen molar-refractivity contribution in [2.75, 3.05) is 20.2 Å². The maximum atomic E-state index is 11.9. The summed E-state index contributed by atoms with van der Waals surface area (Å²) in [6.07, 6.45) is 2.00. The molecule has 1 rings (SSSR count). The second-order valence-electron chi connectivity index (χ2n) is 4.57. The lowest BCUT2D eigenvalue weighted by atomic mass is 10.2. The largest absolute Gasteiger partial charge is 0.480 e. The molecule has 0 saturated carbocycles. The molecule has 18 heavy (non-hydrogen) atoms. The standard InChI is InChI=1S/C12H20N2O4/c1-8(2)4-5-13-12(17)14-7-9(18-3)6-10(14)11(15)16/h4,9-10H,5-7H2,1-3H3,(H,13,17)(H,15,16). The highest BCUT2D eigenvalue weighted by Gasteiger charge is 2.39. The van der Waals surface area contributed by atoms with Crippen LogP contribution < -0.4 is 5.32 Å². The Kier molecular flexibility index (Phi) is 5.15. The Morgan fingerprint density at radius 2 is 2.17 bits per heavy atom. The van der Waals surface area contributed by atoms with Gasteiger partial charge in [-0.1, -0.05) is 11.6 Å². The first-order valence-corrected chi connectivity index (χ1v) is 5.89. The molecule has 6 nitrogen and oxygen atoms in total. The van der Waals surface area contributed by atoms with Crippen LogP contribution in [0.25, 0.3) is 0 Å². The molecule has 0 spiro atoms. The van der Waals surface area contributed by atoms with Crippen molar-refractivity contribution in [1.29, 1.82) is 0 Å². The number of rotatable bonds is 4. The summed E-state index contributed by atoms with van der Waals surface area (Å²) in [5, 5.41) is 11.7. The van der Waals surface area contributed by atoms with Crippen molar-refractivity contribution >= 4 is 12.0 Å². The van der Waals surface area contributed by atoms with Crippen molar-refractivity contribution in [3.05, 3.63) is 11.6 Å². The second kappa shape index (κ2) is 6.39. The Morgan fingerprint density at radius 3 is 2.67 bits per heavy atom. The Labute approximate surface area is 107 Å². The van der Waals surface area contributed by atoms with Crippen molar-refractivity contribution < 1.29 is 19.4 Å². The van der Waals surface area contributed by atoms with E-state index < -0.39 is 12.0 Å². The van der Waals surface area contributed by atoms with E-state index >= 15 is 0 Å². The fourth-order valence-corrected chi connectivity index (χ4v) is 1.87. The van der Waals surface area contributed by atoms with Gasteiger partial charge in [0, 0.05) is 26.6 Å². The molecule has 2 amide bonds. The van der Waals surface area contributed by atoms with Crippen molar-refractivity contribution in [2.45, 2.75) is 32.4 Å². The Morgan fingerprint density at radius 1 is 1.50 bits per heavy atom. The first-order valence-electron chi connectivity index (χ1n) is 5.89. The SMILES string of the molecule is COC1CC(C(=O)O)N(C(=O)NCC=C(C)C)C1. The van der Waals surface area contributed by atoms with E-state index in [4.69, 9.17) is 9.84 Å². The van der Waals surface area contributed by atoms with Gasteiger partial charge in [-0.05, 0) is 13.8 Å². The zero-order valence-electron chi connectivity index (χ0n) is 11.0. The van der Waals surface area contributed by atoms with E-state index in [9.17, 15) is 9.59 Å². The Balaban J connectivity index is 2.59. The summed E-state index contributed by atoms with van der Waals surface area (Å²) in [5.74, 6) is -0.994. The highest BCUT2D eigenvalue weighted by atomic mass is 16.5. The molecule has 1 aliphatic heterocycles. The molecule has 0 aliphatic carbocycles. The monoisotopic (exact) mass is 256 g/mol. The molecule has 1 aliphatic rings. The molecule has 2 atom stereocenters. The molecule has 2 N–H and O–H groups in total. The summed E-state index contributed by atoms with van der Waals surface area (Å²) in [6, 6.07) is -1.17. The number of ether oxygens (including phenoxy) is 1. The average molecular weight is 256 g/mol. The third-order valence-corrected chi connectivity index (χ3v) is 2.91. The van der Waals surface area contributed by atoms with Gasteiger partial charge in [-0.3, -0.25) is 0 Å². The fraction of sp³-hybridized carbons (Fsp3) is 0.667. The second-order valence-corrected chi connectivity index (χ2v) is 4.57. The Hall–Kier alpha value is -1.56. The van der Waals surface area contributed by atoms with Crippen LogP contribution in [0.1, 0.15) is 20.3 Å². The van der Waals surface area contributed by atoms with E-state index in [2.05, 4.69) is 5.32 Å². The number of nitrogens with one attached hydrogen (secondary N) is 1. The van der Waals surface area contributed by atoms with Crippen molar-refractivity contribution in [2.24, 2.45) is 0 Å². The summed E-state index contributed by atoms with van der Waals surface area (Å²) in [6.45, 7) is 4.59. The number of carboxylic acids is 1. The molecular formula is C12H20N2O4. The third kappa shape index (κ3) is 3.73. The first-order chi connectivity index (χ1) is 8.45. The van der Waals surface area contributed by atoms with Crippen molar-refractivity contribution in [3.63, 3.8) is 0 Å². The van der Waals surface area contributed by atoms with Crippen molar-refractivity contribution in [1.82, 2.24) is 10.2 Å². The number of allylic oxidation sites excluding steroid dienone is 1. The number of carboxylic acid groups (broad SMARTS) is 1. The van der Waals surface area contributed by atoms with Crippen LogP contribution >= 0.6 is 0 Å². The molecule has 0 bridgehead atoms. The molecule has 6 heteroatoms. The third-order valence-electron chi connectivity index (χ3n) is 2.91. The van der Waals surface area contributed by atoms with Crippen LogP contribution in [-0.2, 0) is 9.53 Å². The zero-order valence-corrected chi connectivity index (χ0v) is 11.0. The number of hydrogen-bond donors (Lipinski definition) is 2. The lowest BCUT2D eigenvalue weighted by Crippen LogP contribution is -2.46. The number of urea groups is 1. The first kappa shape index (κ1) is 14.5. The number of carbonyl (C=O) groups excluding carboxylic acids is 1. The minimum Gasteiger partial charge on any atom is -0.480 e. The molecule has 1 fully saturated rings. The van der Waals surface area contributed by atoms with Crippen LogP contribution in [0.2, 0.25) is 0 Å². The van der Waals surface area contributed by atoms with Gasteiger partial charge in [-0.25, -0.2) is 9.59 Å². The van der Waals surface area contributed by atoms with Crippen molar-refractivity contribution in [3.8, 4) is 0 Å². The minimum atomic E-state index is -0.994. The van der Waals surface area contributed by atoms with Gasteiger partial charge >= 0.3 is 12.0 Å². The van der Waals surface area contributed by atoms with Gasteiger partial charge in [0.15, 0.2) is 0 Å². The summed E-state index contributed by atoms with van der Waals surface area (Å²) in [7, 11) is 1.52. The van der Waals surface area contributed by atoms with Gasteiger partial charge in [0.25, 0.3) is 0 Å². The molecule has 0 radical (unpaired) electrons. The van der Waals surface area contributed by atoms with E-state index in [1.165, 1.54) is 12.0 Å². The van der Waals surface area contributed by atoms with Gasteiger partial charge < -0.3 is 20.1 Å². The topological polar surface area (TPSA) is 78.9 Å². The van der Waals surface area contributed by atoms with Gasteiger partial charge in [-0.2, -0.15) is 0 Å². The maximum absolute atomic E-state index is 11.9. The molecule has 0 aromatic rings. The maximum Gasteiger partial charge on any atom is 0.326 e. The van der Waals surface area contributed by atoms with Gasteiger partial charge in [-0.15, -0.1) is 0 Å².